The molecule has 2 N–H and O–H groups in total. The number of hydrogen-bond acceptors (Lipinski definition) is 5. The Balaban J connectivity index is 1.46. The predicted octanol–water partition coefficient (Wildman–Crippen LogP) is 4.32. The number of rotatable bonds is 12. The molecular formula is C29H30F2N2O5. The molecule has 3 aromatic carbocycles. The van der Waals surface area contributed by atoms with E-state index in [9.17, 15) is 23.5 Å². The fraction of sp³-hybridized carbons (Fsp3) is 0.310. The first-order chi connectivity index (χ1) is 18.4. The van der Waals surface area contributed by atoms with Crippen molar-refractivity contribution in [2.45, 2.75) is 25.0 Å². The van der Waals surface area contributed by atoms with Crippen LogP contribution in [0.2, 0.25) is 0 Å². The lowest BCUT2D eigenvalue weighted by Gasteiger charge is -2.48. The smallest absolute Gasteiger partial charge is 0.258 e. The zero-order valence-electron chi connectivity index (χ0n) is 21.0. The van der Waals surface area contributed by atoms with Crippen LogP contribution in [0.3, 0.4) is 0 Å². The van der Waals surface area contributed by atoms with Crippen molar-refractivity contribution in [3.8, 4) is 5.75 Å². The van der Waals surface area contributed by atoms with Crippen LogP contribution < -0.4 is 15.0 Å². The molecule has 1 aliphatic heterocycles. The first-order valence-electron chi connectivity index (χ1n) is 12.4. The van der Waals surface area contributed by atoms with E-state index in [4.69, 9.17) is 9.47 Å². The van der Waals surface area contributed by atoms with Gasteiger partial charge in [-0.2, -0.15) is 0 Å². The summed E-state index contributed by atoms with van der Waals surface area (Å²) < 4.78 is 37.2. The fourth-order valence-corrected chi connectivity index (χ4v) is 4.54. The topological polar surface area (TPSA) is 88.1 Å². The quantitative estimate of drug-likeness (QED) is 0.272. The Morgan fingerprint density at radius 3 is 2.26 bits per heavy atom. The molecule has 7 nitrogen and oxygen atoms in total. The molecule has 0 bridgehead atoms. The number of nitrogens with one attached hydrogen (secondary N) is 1. The largest absolute Gasteiger partial charge is 0.484 e. The van der Waals surface area contributed by atoms with Gasteiger partial charge in [-0.3, -0.25) is 9.59 Å². The molecule has 2 amide bonds. The summed E-state index contributed by atoms with van der Waals surface area (Å²) in [5, 5.41) is 13.3. The summed E-state index contributed by atoms with van der Waals surface area (Å²) in [6.45, 7) is 0.660. The van der Waals surface area contributed by atoms with Crippen molar-refractivity contribution in [3.63, 3.8) is 0 Å². The predicted molar refractivity (Wildman–Crippen MR) is 138 cm³/mol. The number of amides is 2. The van der Waals surface area contributed by atoms with Gasteiger partial charge >= 0.3 is 0 Å². The summed E-state index contributed by atoms with van der Waals surface area (Å²) in [6.07, 6.45) is -0.121. The molecule has 38 heavy (non-hydrogen) atoms. The van der Waals surface area contributed by atoms with Gasteiger partial charge in [0.25, 0.3) is 5.91 Å². The second-order valence-electron chi connectivity index (χ2n) is 9.08. The lowest BCUT2D eigenvalue weighted by molar-refractivity contribution is -0.131. The van der Waals surface area contributed by atoms with Crippen molar-refractivity contribution in [3.05, 3.63) is 95.6 Å². The maximum atomic E-state index is 13.5. The third-order valence-corrected chi connectivity index (χ3v) is 6.54. The molecule has 3 unspecified atom stereocenters. The van der Waals surface area contributed by atoms with E-state index >= 15 is 0 Å². The number of benzene rings is 3. The number of anilines is 1. The lowest BCUT2D eigenvalue weighted by atomic mass is 9.78. The fourth-order valence-electron chi connectivity index (χ4n) is 4.54. The molecule has 9 heteroatoms. The Kier molecular flexibility index (Phi) is 9.04. The van der Waals surface area contributed by atoms with Gasteiger partial charge in [0.05, 0.1) is 24.7 Å². The van der Waals surface area contributed by atoms with Crippen molar-refractivity contribution < 1.29 is 33.0 Å². The number of halogens is 2. The normalized spacial score (nSPS) is 17.6. The van der Waals surface area contributed by atoms with Crippen LogP contribution in [0.25, 0.3) is 0 Å². The number of aliphatic hydroxyl groups is 1. The third-order valence-electron chi connectivity index (χ3n) is 6.54. The van der Waals surface area contributed by atoms with Gasteiger partial charge in [-0.25, -0.2) is 8.78 Å². The highest BCUT2D eigenvalue weighted by molar-refractivity contribution is 6.03. The number of methoxy groups -OCH3 is 1. The van der Waals surface area contributed by atoms with Gasteiger partial charge in [0.15, 0.2) is 6.61 Å². The summed E-state index contributed by atoms with van der Waals surface area (Å²) in [4.78, 5) is 26.7. The van der Waals surface area contributed by atoms with E-state index < -0.39 is 17.8 Å². The van der Waals surface area contributed by atoms with E-state index in [1.165, 1.54) is 36.4 Å². The molecule has 4 rings (SSSR count). The average molecular weight is 525 g/mol. The van der Waals surface area contributed by atoms with Crippen molar-refractivity contribution in [2.75, 3.05) is 31.8 Å². The number of carbonyl (C=O) groups excluding carboxylic acids is 2. The number of aliphatic hydroxyl groups excluding tert-OH is 1. The first-order valence-corrected chi connectivity index (χ1v) is 12.4. The molecular weight excluding hydrogens is 494 g/mol. The molecule has 200 valence electrons. The Labute approximate surface area is 220 Å². The second kappa shape index (κ2) is 12.6. The van der Waals surface area contributed by atoms with Crippen molar-refractivity contribution in [2.24, 2.45) is 5.92 Å². The van der Waals surface area contributed by atoms with Gasteiger partial charge in [0.1, 0.15) is 17.4 Å². The number of carbonyl (C=O) groups is 2. The Morgan fingerprint density at radius 2 is 1.63 bits per heavy atom. The molecule has 0 spiro atoms. The van der Waals surface area contributed by atoms with Crippen LogP contribution in [0, 0.1) is 17.6 Å². The zero-order valence-corrected chi connectivity index (χ0v) is 21.0. The van der Waals surface area contributed by atoms with Crippen LogP contribution in [0.5, 0.6) is 5.75 Å². The summed E-state index contributed by atoms with van der Waals surface area (Å²) in [5.74, 6) is -1.08. The van der Waals surface area contributed by atoms with Gasteiger partial charge in [-0.05, 0) is 72.5 Å². The molecule has 1 aliphatic rings. The number of β-lactam (4-membered cyclic amide) rings is 1. The van der Waals surface area contributed by atoms with E-state index in [0.29, 0.717) is 43.0 Å². The number of nitrogens with zero attached hydrogens (tertiary/aromatic N) is 1. The van der Waals surface area contributed by atoms with E-state index in [1.807, 2.05) is 12.1 Å². The standard InChI is InChI=1S/C29H30F2N2O5/c1-37-17-16-32-27(35)18-38-24-12-4-20(5-13-24)28-25(14-15-26(34)19-2-6-21(30)7-3-19)29(36)33(28)23-10-8-22(31)9-11-23/h2-13,25-26,28,34H,14-18H2,1H3,(H,32,35). The first kappa shape index (κ1) is 27.2. The van der Waals surface area contributed by atoms with Crippen molar-refractivity contribution >= 4 is 17.5 Å². The molecule has 1 heterocycles. The SMILES string of the molecule is COCCNC(=O)COc1ccc(C2C(CCC(O)c3ccc(F)cc3)C(=O)N2c2ccc(F)cc2)cc1. The molecule has 0 saturated carbocycles. The average Bonchev–Trinajstić information content (AvgIpc) is 2.92. The van der Waals surface area contributed by atoms with Crippen LogP contribution in [0.4, 0.5) is 14.5 Å². The van der Waals surface area contributed by atoms with Crippen LogP contribution in [-0.4, -0.2) is 43.8 Å². The highest BCUT2D eigenvalue weighted by Crippen LogP contribution is 2.46. The maximum Gasteiger partial charge on any atom is 0.258 e. The van der Waals surface area contributed by atoms with Crippen LogP contribution >= 0.6 is 0 Å². The second-order valence-corrected chi connectivity index (χ2v) is 9.08. The van der Waals surface area contributed by atoms with Gasteiger partial charge < -0.3 is 24.8 Å². The lowest BCUT2D eigenvalue weighted by Crippen LogP contribution is -2.55. The number of hydrogen-bond donors (Lipinski definition) is 2. The highest BCUT2D eigenvalue weighted by atomic mass is 19.1. The van der Waals surface area contributed by atoms with Crippen molar-refractivity contribution in [1.29, 1.82) is 0 Å². The summed E-state index contributed by atoms with van der Waals surface area (Å²) in [7, 11) is 1.55. The summed E-state index contributed by atoms with van der Waals surface area (Å²) in [6, 6.07) is 18.2. The Bertz CT molecular complexity index is 1220. The Hall–Kier alpha value is -3.82. The minimum atomic E-state index is -0.838. The van der Waals surface area contributed by atoms with Gasteiger partial charge in [-0.1, -0.05) is 24.3 Å². The van der Waals surface area contributed by atoms with E-state index in [-0.39, 0.29) is 30.3 Å². The van der Waals surface area contributed by atoms with Gasteiger partial charge in [0.2, 0.25) is 5.91 Å². The van der Waals surface area contributed by atoms with E-state index in [1.54, 1.807) is 36.3 Å². The molecule has 0 aromatic heterocycles. The highest BCUT2D eigenvalue weighted by Gasteiger charge is 2.48. The van der Waals surface area contributed by atoms with Gasteiger partial charge in [0, 0.05) is 19.3 Å². The zero-order chi connectivity index (χ0) is 27.1. The molecule has 1 fully saturated rings. The molecule has 1 saturated heterocycles. The van der Waals surface area contributed by atoms with Crippen LogP contribution in [0.15, 0.2) is 72.8 Å². The minimum absolute atomic E-state index is 0.124. The minimum Gasteiger partial charge on any atom is -0.484 e. The molecule has 0 radical (unpaired) electrons. The summed E-state index contributed by atoms with van der Waals surface area (Å²) in [5.41, 5.74) is 2.00. The Morgan fingerprint density at radius 1 is 1.00 bits per heavy atom. The molecule has 3 atom stereocenters. The molecule has 0 aliphatic carbocycles. The third kappa shape index (κ3) is 6.54. The van der Waals surface area contributed by atoms with Crippen LogP contribution in [-0.2, 0) is 14.3 Å². The number of ether oxygens (including phenoxy) is 2. The van der Waals surface area contributed by atoms with E-state index in [0.717, 1.165) is 5.56 Å². The van der Waals surface area contributed by atoms with E-state index in [2.05, 4.69) is 5.32 Å². The van der Waals surface area contributed by atoms with Crippen LogP contribution in [0.1, 0.15) is 36.1 Å². The monoisotopic (exact) mass is 524 g/mol. The van der Waals surface area contributed by atoms with Crippen molar-refractivity contribution in [1.82, 2.24) is 5.32 Å². The summed E-state index contributed by atoms with van der Waals surface area (Å²) >= 11 is 0. The maximum absolute atomic E-state index is 13.5. The molecule has 3 aromatic rings. The van der Waals surface area contributed by atoms with Gasteiger partial charge in [-0.15, -0.1) is 0 Å².